The summed E-state index contributed by atoms with van der Waals surface area (Å²) < 4.78 is 1.75. The van der Waals surface area contributed by atoms with Crippen LogP contribution in [-0.4, -0.2) is 62.9 Å². The summed E-state index contributed by atoms with van der Waals surface area (Å²) in [7, 11) is 4.92. The highest BCUT2D eigenvalue weighted by molar-refractivity contribution is 5.95. The normalized spacial score (nSPS) is 15.7. The van der Waals surface area contributed by atoms with Crippen LogP contribution in [0.25, 0.3) is 11.4 Å². The van der Waals surface area contributed by atoms with Gasteiger partial charge in [0.25, 0.3) is 5.91 Å². The maximum Gasteiger partial charge on any atom is 0.297 e. The zero-order chi connectivity index (χ0) is 24.4. The standard InChI is InChI=1S/C26H33N7O2/c1-31-24-21(23(30-31)25(34)32(2)35-3)9-7-8-19-16-27-26(29-22(19)24)28-20-12-10-18(11-13-20)17-33-14-5-4-6-15-33/h10-13,16H,4-9,14-15,17H2,1-3H3,(H,27,28,29). The van der Waals surface area contributed by atoms with Gasteiger partial charge in [0.05, 0.1) is 18.5 Å². The number of piperidine rings is 1. The van der Waals surface area contributed by atoms with E-state index < -0.39 is 0 Å². The van der Waals surface area contributed by atoms with Gasteiger partial charge in [0, 0.05) is 38.1 Å². The van der Waals surface area contributed by atoms with Crippen LogP contribution in [0.1, 0.15) is 52.9 Å². The smallest absolute Gasteiger partial charge is 0.297 e. The number of nitrogens with zero attached hydrogens (tertiary/aromatic N) is 6. The van der Waals surface area contributed by atoms with Crippen LogP contribution in [0.3, 0.4) is 0 Å². The van der Waals surface area contributed by atoms with E-state index in [1.807, 2.05) is 13.2 Å². The number of carbonyl (C=O) groups is 1. The van der Waals surface area contributed by atoms with Gasteiger partial charge in [-0.05, 0) is 68.5 Å². The molecule has 184 valence electrons. The molecule has 0 bridgehead atoms. The number of hydrogen-bond donors (Lipinski definition) is 1. The first-order chi connectivity index (χ1) is 17.0. The third-order valence-electron chi connectivity index (χ3n) is 6.93. The van der Waals surface area contributed by atoms with E-state index in [-0.39, 0.29) is 5.91 Å². The maximum absolute atomic E-state index is 12.8. The number of aryl methyl sites for hydroxylation is 2. The van der Waals surface area contributed by atoms with E-state index in [9.17, 15) is 4.79 Å². The van der Waals surface area contributed by atoms with Crippen molar-refractivity contribution in [3.05, 3.63) is 52.8 Å². The molecule has 1 fully saturated rings. The summed E-state index contributed by atoms with van der Waals surface area (Å²) in [6.07, 6.45) is 8.33. The van der Waals surface area contributed by atoms with Crippen molar-refractivity contribution in [1.29, 1.82) is 0 Å². The molecule has 0 unspecified atom stereocenters. The molecule has 1 N–H and O–H groups in total. The summed E-state index contributed by atoms with van der Waals surface area (Å²) >= 11 is 0. The molecule has 1 aromatic carbocycles. The molecule has 1 aliphatic carbocycles. The summed E-state index contributed by atoms with van der Waals surface area (Å²) in [5, 5.41) is 9.09. The Morgan fingerprint density at radius 1 is 1.11 bits per heavy atom. The molecular formula is C26H33N7O2. The first-order valence-corrected chi connectivity index (χ1v) is 12.4. The van der Waals surface area contributed by atoms with Gasteiger partial charge in [-0.15, -0.1) is 0 Å². The van der Waals surface area contributed by atoms with Gasteiger partial charge in [-0.2, -0.15) is 5.10 Å². The van der Waals surface area contributed by atoms with Gasteiger partial charge < -0.3 is 5.32 Å². The van der Waals surface area contributed by atoms with Crippen LogP contribution in [0, 0.1) is 0 Å². The zero-order valence-corrected chi connectivity index (χ0v) is 20.8. The number of fused-ring (bicyclic) bond motifs is 3. The minimum absolute atomic E-state index is 0.259. The van der Waals surface area contributed by atoms with Crippen molar-refractivity contribution in [2.24, 2.45) is 7.05 Å². The first kappa shape index (κ1) is 23.4. The average Bonchev–Trinajstić information content (AvgIpc) is 3.08. The summed E-state index contributed by atoms with van der Waals surface area (Å²) in [5.41, 5.74) is 6.35. The number of nitrogens with one attached hydrogen (secondary N) is 1. The highest BCUT2D eigenvalue weighted by Gasteiger charge is 2.29. The Morgan fingerprint density at radius 3 is 2.63 bits per heavy atom. The third-order valence-corrected chi connectivity index (χ3v) is 6.93. The second-order valence-electron chi connectivity index (χ2n) is 9.36. The molecule has 9 nitrogen and oxygen atoms in total. The van der Waals surface area contributed by atoms with E-state index in [1.54, 1.807) is 11.7 Å². The summed E-state index contributed by atoms with van der Waals surface area (Å²) in [6, 6.07) is 8.51. The topological polar surface area (TPSA) is 88.4 Å². The fraction of sp³-hybridized carbons (Fsp3) is 0.462. The van der Waals surface area contributed by atoms with Gasteiger partial charge >= 0.3 is 0 Å². The van der Waals surface area contributed by atoms with Crippen molar-refractivity contribution < 1.29 is 9.63 Å². The largest absolute Gasteiger partial charge is 0.324 e. The second kappa shape index (κ2) is 10.1. The van der Waals surface area contributed by atoms with Gasteiger partial charge in [0.15, 0.2) is 5.69 Å². The minimum atomic E-state index is -0.259. The highest BCUT2D eigenvalue weighted by atomic mass is 16.7. The first-order valence-electron chi connectivity index (χ1n) is 12.4. The minimum Gasteiger partial charge on any atom is -0.324 e. The van der Waals surface area contributed by atoms with E-state index in [0.717, 1.165) is 54.0 Å². The van der Waals surface area contributed by atoms with Crippen molar-refractivity contribution in [1.82, 2.24) is 29.7 Å². The molecule has 1 saturated heterocycles. The Bertz CT molecular complexity index is 1200. The van der Waals surface area contributed by atoms with Crippen molar-refractivity contribution in [3.8, 4) is 11.4 Å². The molecular weight excluding hydrogens is 442 g/mol. The monoisotopic (exact) mass is 475 g/mol. The number of aromatic nitrogens is 4. The van der Waals surface area contributed by atoms with E-state index >= 15 is 0 Å². The molecule has 0 radical (unpaired) electrons. The van der Waals surface area contributed by atoms with Crippen LogP contribution in [-0.2, 0) is 31.3 Å². The fourth-order valence-corrected chi connectivity index (χ4v) is 5.01. The zero-order valence-electron chi connectivity index (χ0n) is 20.8. The molecule has 2 aromatic heterocycles. The van der Waals surface area contributed by atoms with Crippen LogP contribution in [0.5, 0.6) is 0 Å². The third kappa shape index (κ3) is 4.92. The second-order valence-corrected chi connectivity index (χ2v) is 9.36. The molecule has 0 atom stereocenters. The van der Waals surface area contributed by atoms with E-state index in [4.69, 9.17) is 9.82 Å². The van der Waals surface area contributed by atoms with E-state index in [1.165, 1.54) is 50.1 Å². The van der Waals surface area contributed by atoms with Crippen LogP contribution in [0.15, 0.2) is 30.5 Å². The van der Waals surface area contributed by atoms with Crippen molar-refractivity contribution >= 4 is 17.5 Å². The van der Waals surface area contributed by atoms with Crippen LogP contribution in [0.4, 0.5) is 11.6 Å². The number of benzene rings is 1. The average molecular weight is 476 g/mol. The molecule has 2 aliphatic rings. The lowest BCUT2D eigenvalue weighted by molar-refractivity contribution is -0.0761. The summed E-state index contributed by atoms with van der Waals surface area (Å²) in [4.78, 5) is 29.9. The maximum atomic E-state index is 12.8. The number of hydroxylamine groups is 2. The molecule has 3 aromatic rings. The van der Waals surface area contributed by atoms with Gasteiger partial charge in [-0.3, -0.25) is 19.2 Å². The van der Waals surface area contributed by atoms with Crippen molar-refractivity contribution in [3.63, 3.8) is 0 Å². The molecule has 35 heavy (non-hydrogen) atoms. The van der Waals surface area contributed by atoms with Gasteiger partial charge in [0.1, 0.15) is 0 Å². The lowest BCUT2D eigenvalue weighted by atomic mass is 10.1. The van der Waals surface area contributed by atoms with Crippen LogP contribution in [0.2, 0.25) is 0 Å². The number of likely N-dealkylation sites (tertiary alicyclic amines) is 1. The molecule has 3 heterocycles. The lowest BCUT2D eigenvalue weighted by Gasteiger charge is -2.26. The Balaban J connectivity index is 1.39. The van der Waals surface area contributed by atoms with Crippen molar-refractivity contribution in [2.75, 3.05) is 32.6 Å². The fourth-order valence-electron chi connectivity index (χ4n) is 5.01. The number of anilines is 2. The Labute approximate surface area is 206 Å². The lowest BCUT2D eigenvalue weighted by Crippen LogP contribution is -2.29. The molecule has 1 aliphatic heterocycles. The predicted molar refractivity (Wildman–Crippen MR) is 134 cm³/mol. The van der Waals surface area contributed by atoms with E-state index in [2.05, 4.69) is 44.6 Å². The van der Waals surface area contributed by atoms with Crippen molar-refractivity contribution in [2.45, 2.75) is 45.1 Å². The quantitative estimate of drug-likeness (QED) is 0.544. The number of hydrogen-bond acceptors (Lipinski definition) is 7. The van der Waals surface area contributed by atoms with Gasteiger partial charge in [-0.25, -0.2) is 15.0 Å². The summed E-state index contributed by atoms with van der Waals surface area (Å²) in [6.45, 7) is 3.38. The molecule has 0 spiro atoms. The number of rotatable bonds is 6. The highest BCUT2D eigenvalue weighted by Crippen LogP contribution is 2.33. The molecule has 5 rings (SSSR count). The number of carbonyl (C=O) groups excluding carboxylic acids is 1. The Kier molecular flexibility index (Phi) is 6.79. The molecule has 0 saturated carbocycles. The van der Waals surface area contributed by atoms with E-state index in [0.29, 0.717) is 11.6 Å². The van der Waals surface area contributed by atoms with Gasteiger partial charge in [0.2, 0.25) is 5.95 Å². The Morgan fingerprint density at radius 2 is 1.89 bits per heavy atom. The molecule has 1 amide bonds. The Hall–Kier alpha value is -3.30. The van der Waals surface area contributed by atoms with Crippen LogP contribution < -0.4 is 5.32 Å². The van der Waals surface area contributed by atoms with Crippen LogP contribution >= 0.6 is 0 Å². The number of amides is 1. The molecule has 9 heteroatoms. The predicted octanol–water partition coefficient (Wildman–Crippen LogP) is 3.73. The van der Waals surface area contributed by atoms with Gasteiger partial charge in [-0.1, -0.05) is 18.6 Å². The SMILES string of the molecule is CON(C)C(=O)c1nn(C)c2c1CCCc1cnc(Nc3ccc(CN4CCCCC4)cc3)nc1-2. The summed E-state index contributed by atoms with van der Waals surface area (Å²) in [5.74, 6) is 0.272.